The van der Waals surface area contributed by atoms with Gasteiger partial charge in [-0.05, 0) is 42.7 Å². The van der Waals surface area contributed by atoms with Gasteiger partial charge in [0.1, 0.15) is 11.6 Å². The summed E-state index contributed by atoms with van der Waals surface area (Å²) in [5.41, 5.74) is 10.3. The topological polar surface area (TPSA) is 90.0 Å². The molecule has 0 saturated carbocycles. The number of nitrogens with one attached hydrogen (secondary N) is 1. The maximum absolute atomic E-state index is 12.6. The number of nitrogens with zero attached hydrogens (tertiary/aromatic N) is 2. The van der Waals surface area contributed by atoms with Gasteiger partial charge in [0.2, 0.25) is 5.91 Å². The second kappa shape index (κ2) is 8.55. The van der Waals surface area contributed by atoms with Gasteiger partial charge < -0.3 is 15.6 Å². The molecule has 2 aliphatic rings. The average molecular weight is 429 g/mol. The highest BCUT2D eigenvalue weighted by Gasteiger charge is 2.23. The molecule has 6 heteroatoms. The van der Waals surface area contributed by atoms with Crippen LogP contribution in [0.5, 0.6) is 0 Å². The number of nitrogens with two attached hydrogens (primary N) is 1. The fraction of sp³-hybridized carbons (Fsp3) is 0.269. The van der Waals surface area contributed by atoms with Crippen LogP contribution in [0.4, 0.5) is 5.69 Å². The number of carbonyl (C=O) groups excluding carboxylic acids is 2. The Balaban J connectivity index is 1.70. The van der Waals surface area contributed by atoms with Gasteiger partial charge in [-0.2, -0.15) is 0 Å². The molecule has 2 unspecified atom stereocenters. The van der Waals surface area contributed by atoms with Crippen LogP contribution in [0.15, 0.2) is 49.0 Å². The monoisotopic (exact) mass is 428 g/mol. The van der Waals surface area contributed by atoms with Gasteiger partial charge in [0.15, 0.2) is 0 Å². The predicted molar refractivity (Wildman–Crippen MR) is 131 cm³/mol. The first-order valence-electron chi connectivity index (χ1n) is 10.8. The molecule has 0 fully saturated rings. The molecule has 2 atom stereocenters. The molecule has 6 nitrogen and oxygen atoms in total. The number of benzene rings is 2. The third-order valence-electron chi connectivity index (χ3n) is 6.42. The van der Waals surface area contributed by atoms with E-state index >= 15 is 0 Å². The van der Waals surface area contributed by atoms with Gasteiger partial charge in [-0.3, -0.25) is 9.59 Å². The van der Waals surface area contributed by atoms with Crippen LogP contribution < -0.4 is 11.1 Å². The number of Topliss-reactive ketones (excluding diaryl/α,β-unsaturated/α-hetero) is 1. The molecule has 164 valence electrons. The van der Waals surface area contributed by atoms with E-state index in [9.17, 15) is 9.59 Å². The lowest BCUT2D eigenvalue weighted by molar-refractivity contribution is -0.123. The van der Waals surface area contributed by atoms with E-state index in [4.69, 9.17) is 10.7 Å². The van der Waals surface area contributed by atoms with E-state index in [0.29, 0.717) is 5.69 Å². The second-order valence-electron chi connectivity index (χ2n) is 8.43. The van der Waals surface area contributed by atoms with Crippen LogP contribution in [0, 0.1) is 18.8 Å². The Morgan fingerprint density at radius 3 is 2.66 bits per heavy atom. The lowest BCUT2D eigenvalue weighted by atomic mass is 9.89. The fourth-order valence-corrected chi connectivity index (χ4v) is 4.36. The van der Waals surface area contributed by atoms with Gasteiger partial charge in [-0.1, -0.05) is 38.6 Å². The van der Waals surface area contributed by atoms with Crippen molar-refractivity contribution in [2.75, 3.05) is 11.9 Å². The van der Waals surface area contributed by atoms with E-state index in [1.807, 2.05) is 48.7 Å². The number of aromatic nitrogens is 2. The van der Waals surface area contributed by atoms with Gasteiger partial charge >= 0.3 is 0 Å². The summed E-state index contributed by atoms with van der Waals surface area (Å²) in [4.78, 5) is 29.3. The number of hydrogen-bond donors (Lipinski definition) is 2. The Labute approximate surface area is 187 Å². The normalized spacial score (nSPS) is 13.4. The van der Waals surface area contributed by atoms with Gasteiger partial charge in [-0.15, -0.1) is 0 Å². The van der Waals surface area contributed by atoms with Crippen molar-refractivity contribution in [1.29, 1.82) is 0 Å². The lowest BCUT2D eigenvalue weighted by Gasteiger charge is -2.18. The van der Waals surface area contributed by atoms with Crippen molar-refractivity contribution >= 4 is 45.4 Å². The third-order valence-corrected chi connectivity index (χ3v) is 6.42. The fourth-order valence-electron chi connectivity index (χ4n) is 4.36. The second-order valence-corrected chi connectivity index (χ2v) is 8.43. The van der Waals surface area contributed by atoms with Crippen LogP contribution in [-0.2, 0) is 9.59 Å². The summed E-state index contributed by atoms with van der Waals surface area (Å²) in [5, 5.41) is 5.10. The number of para-hydroxylation sites is 1. The largest absolute Gasteiger partial charge is 0.326 e. The molecule has 4 rings (SSSR count). The number of amides is 1. The number of fused-ring (bicyclic) bond motifs is 4. The standard InChI is InChI=1S/C26H28N4O2/c1-5-30-22-9-7-6-8-19(22)17(4)25-20-13-18(10-11-21(20)29-26(25)30)28-24(32)12-15(2)16(3)23(31)14-27/h5-11,13,15-16H,1,12,14,27H2,2-4H3,(H,28,32). The molecule has 0 radical (unpaired) electrons. The van der Waals surface area contributed by atoms with Crippen molar-refractivity contribution in [2.24, 2.45) is 17.6 Å². The van der Waals surface area contributed by atoms with Crippen LogP contribution in [0.1, 0.15) is 25.8 Å². The van der Waals surface area contributed by atoms with Gasteiger partial charge in [0.05, 0.1) is 17.6 Å². The van der Waals surface area contributed by atoms with Crippen molar-refractivity contribution in [2.45, 2.75) is 27.2 Å². The van der Waals surface area contributed by atoms with E-state index in [-0.39, 0.29) is 36.5 Å². The van der Waals surface area contributed by atoms with Crippen molar-refractivity contribution < 1.29 is 9.59 Å². The van der Waals surface area contributed by atoms with E-state index in [1.165, 1.54) is 0 Å². The SMILES string of the molecule is C=Cn1c2nc3ccc(NC(=O)CC(C)C(C)C(=O)CN)cc3c-2c(C)c2ccccc21. The number of pyridine rings is 1. The van der Waals surface area contributed by atoms with Crippen molar-refractivity contribution in [3.8, 4) is 11.4 Å². The zero-order valence-corrected chi connectivity index (χ0v) is 18.7. The first kappa shape index (κ1) is 21.7. The number of carbonyl (C=O) groups is 2. The first-order chi connectivity index (χ1) is 15.3. The zero-order chi connectivity index (χ0) is 23.0. The minimum Gasteiger partial charge on any atom is -0.326 e. The Morgan fingerprint density at radius 2 is 1.94 bits per heavy atom. The van der Waals surface area contributed by atoms with Gasteiger partial charge in [-0.25, -0.2) is 4.98 Å². The molecule has 0 aliphatic carbocycles. The predicted octanol–water partition coefficient (Wildman–Crippen LogP) is 4.83. The molecule has 2 aliphatic heterocycles. The molecular formula is C26H28N4O2. The number of anilines is 1. The summed E-state index contributed by atoms with van der Waals surface area (Å²) in [6.45, 7) is 9.80. The van der Waals surface area contributed by atoms with Crippen LogP contribution >= 0.6 is 0 Å². The molecule has 0 saturated heterocycles. The molecular weight excluding hydrogens is 400 g/mol. The van der Waals surface area contributed by atoms with Gasteiger partial charge in [0, 0.05) is 40.6 Å². The van der Waals surface area contributed by atoms with Crippen LogP contribution in [-0.4, -0.2) is 27.8 Å². The molecule has 0 aromatic heterocycles. The smallest absolute Gasteiger partial charge is 0.224 e. The van der Waals surface area contributed by atoms with Crippen LogP contribution in [0.25, 0.3) is 39.4 Å². The summed E-state index contributed by atoms with van der Waals surface area (Å²) in [6.07, 6.45) is 2.04. The highest BCUT2D eigenvalue weighted by molar-refractivity contribution is 6.06. The van der Waals surface area contributed by atoms with E-state index < -0.39 is 0 Å². The van der Waals surface area contributed by atoms with Crippen molar-refractivity contribution in [1.82, 2.24) is 9.55 Å². The summed E-state index contributed by atoms with van der Waals surface area (Å²) >= 11 is 0. The number of aryl methyl sites for hydroxylation is 1. The van der Waals surface area contributed by atoms with Crippen LogP contribution in [0.3, 0.4) is 0 Å². The van der Waals surface area contributed by atoms with E-state index in [2.05, 4.69) is 31.0 Å². The first-order valence-corrected chi connectivity index (χ1v) is 10.8. The molecule has 1 amide bonds. The summed E-state index contributed by atoms with van der Waals surface area (Å²) in [6, 6.07) is 13.9. The Morgan fingerprint density at radius 1 is 1.19 bits per heavy atom. The Bertz CT molecular complexity index is 1320. The molecule has 32 heavy (non-hydrogen) atoms. The molecule has 2 aromatic carbocycles. The third kappa shape index (κ3) is 3.67. The zero-order valence-electron chi connectivity index (χ0n) is 18.7. The van der Waals surface area contributed by atoms with E-state index in [0.717, 1.165) is 38.8 Å². The van der Waals surface area contributed by atoms with Gasteiger partial charge in [0.25, 0.3) is 0 Å². The maximum atomic E-state index is 12.6. The highest BCUT2D eigenvalue weighted by Crippen LogP contribution is 2.39. The summed E-state index contributed by atoms with van der Waals surface area (Å²) in [7, 11) is 0. The average Bonchev–Trinajstić information content (AvgIpc) is 3.17. The summed E-state index contributed by atoms with van der Waals surface area (Å²) < 4.78 is 2.01. The Kier molecular flexibility index (Phi) is 5.80. The lowest BCUT2D eigenvalue weighted by Crippen LogP contribution is -2.28. The maximum Gasteiger partial charge on any atom is 0.224 e. The number of hydrogen-bond acceptors (Lipinski definition) is 4. The number of rotatable bonds is 7. The minimum atomic E-state index is -0.248. The highest BCUT2D eigenvalue weighted by atomic mass is 16.1. The molecule has 2 aromatic rings. The van der Waals surface area contributed by atoms with Crippen molar-refractivity contribution in [3.63, 3.8) is 0 Å². The molecule has 0 bridgehead atoms. The van der Waals surface area contributed by atoms with Crippen molar-refractivity contribution in [3.05, 3.63) is 54.6 Å². The quantitative estimate of drug-likeness (QED) is 0.441. The molecule has 2 heterocycles. The minimum absolute atomic E-state index is 0.000398. The van der Waals surface area contributed by atoms with E-state index in [1.54, 1.807) is 6.20 Å². The molecule has 3 N–H and O–H groups in total. The van der Waals surface area contributed by atoms with Crippen LogP contribution in [0.2, 0.25) is 0 Å². The molecule has 0 spiro atoms. The Hall–Kier alpha value is -3.51. The number of ketones is 1. The summed E-state index contributed by atoms with van der Waals surface area (Å²) in [5.74, 6) is 0.357.